The van der Waals surface area contributed by atoms with Crippen LogP contribution in [0.4, 0.5) is 10.1 Å². The minimum Gasteiger partial charge on any atom is -0.505 e. The van der Waals surface area contributed by atoms with Crippen molar-refractivity contribution < 1.29 is 19.3 Å². The third kappa shape index (κ3) is 3.10. The number of amides is 1. The second-order valence-corrected chi connectivity index (χ2v) is 5.85. The maximum absolute atomic E-state index is 14.8. The first kappa shape index (κ1) is 15.6. The van der Waals surface area contributed by atoms with E-state index in [0.29, 0.717) is 12.1 Å². The van der Waals surface area contributed by atoms with Crippen LogP contribution in [-0.2, 0) is 11.3 Å². The van der Waals surface area contributed by atoms with Gasteiger partial charge >= 0.3 is 5.91 Å². The van der Waals surface area contributed by atoms with Crippen molar-refractivity contribution in [3.05, 3.63) is 28.4 Å². The topological polar surface area (TPSA) is 79.1 Å². The maximum Gasteiger partial charge on any atom is 0.307 e. The van der Waals surface area contributed by atoms with Crippen LogP contribution in [-0.4, -0.2) is 65.6 Å². The highest BCUT2D eigenvalue weighted by atomic mass is 19.1. The molecule has 0 unspecified atom stereocenters. The van der Waals surface area contributed by atoms with Crippen molar-refractivity contribution in [3.63, 3.8) is 0 Å². The SMILES string of the molecule is CN1CCN(Cc2ccc(O)c(N3CC(=O)N[N+]3=O)c2F)CC1. The monoisotopic (exact) mass is 324 g/mol. The molecule has 1 aromatic rings. The van der Waals surface area contributed by atoms with Gasteiger partial charge in [0.1, 0.15) is 5.75 Å². The van der Waals surface area contributed by atoms with Gasteiger partial charge in [-0.3, -0.25) is 9.69 Å². The average Bonchev–Trinajstić information content (AvgIpc) is 2.83. The molecule has 0 radical (unpaired) electrons. The summed E-state index contributed by atoms with van der Waals surface area (Å²) in [6.45, 7) is 3.52. The molecule has 23 heavy (non-hydrogen) atoms. The minimum absolute atomic E-state index is 0.139. The molecule has 0 saturated carbocycles. The smallest absolute Gasteiger partial charge is 0.307 e. The largest absolute Gasteiger partial charge is 0.505 e. The summed E-state index contributed by atoms with van der Waals surface area (Å²) in [6, 6.07) is 2.85. The zero-order valence-corrected chi connectivity index (χ0v) is 12.8. The van der Waals surface area contributed by atoms with Crippen molar-refractivity contribution in [1.29, 1.82) is 0 Å². The predicted octanol–water partition coefficient (Wildman–Crippen LogP) is -0.176. The third-order valence-corrected chi connectivity index (χ3v) is 4.16. The van der Waals surface area contributed by atoms with Crippen LogP contribution in [0.2, 0.25) is 0 Å². The number of carbonyl (C=O) groups is 1. The first-order chi connectivity index (χ1) is 11.0. The van der Waals surface area contributed by atoms with Crippen LogP contribution in [0.1, 0.15) is 5.56 Å². The van der Waals surface area contributed by atoms with Gasteiger partial charge < -0.3 is 10.0 Å². The van der Waals surface area contributed by atoms with Crippen molar-refractivity contribution in [1.82, 2.24) is 15.2 Å². The predicted molar refractivity (Wildman–Crippen MR) is 80.0 cm³/mol. The van der Waals surface area contributed by atoms with E-state index in [-0.39, 0.29) is 23.0 Å². The molecule has 0 bridgehead atoms. The molecule has 0 aromatic heterocycles. The number of aromatic hydroxyl groups is 1. The van der Waals surface area contributed by atoms with Gasteiger partial charge in [0.05, 0.1) is 4.91 Å². The lowest BCUT2D eigenvalue weighted by Crippen LogP contribution is -2.44. The maximum atomic E-state index is 14.8. The summed E-state index contributed by atoms with van der Waals surface area (Å²) in [7, 11) is 2.04. The molecule has 124 valence electrons. The molecule has 2 heterocycles. The highest BCUT2D eigenvalue weighted by Gasteiger charge is 2.40. The van der Waals surface area contributed by atoms with Gasteiger partial charge in [0, 0.05) is 38.3 Å². The highest BCUT2D eigenvalue weighted by molar-refractivity contribution is 5.82. The van der Waals surface area contributed by atoms with Gasteiger partial charge in [0.2, 0.25) is 0 Å². The first-order valence-corrected chi connectivity index (χ1v) is 7.41. The highest BCUT2D eigenvalue weighted by Crippen LogP contribution is 2.33. The number of piperazine rings is 1. The van der Waals surface area contributed by atoms with Crippen LogP contribution in [0.25, 0.3) is 0 Å². The number of nitrogens with one attached hydrogen (secondary N) is 1. The van der Waals surface area contributed by atoms with Gasteiger partial charge in [-0.25, -0.2) is 4.39 Å². The fourth-order valence-corrected chi connectivity index (χ4v) is 2.78. The number of carbonyl (C=O) groups excluding carboxylic acids is 1. The van der Waals surface area contributed by atoms with Gasteiger partial charge in [0.25, 0.3) is 4.98 Å². The number of likely N-dealkylation sites (N-methyl/N-ethyl adjacent to an activating group) is 1. The summed E-state index contributed by atoms with van der Waals surface area (Å²) in [5, 5.41) is 10.8. The molecule has 1 amide bonds. The van der Waals surface area contributed by atoms with Crippen molar-refractivity contribution in [3.8, 4) is 5.75 Å². The number of hydrogen-bond acceptors (Lipinski definition) is 5. The van der Waals surface area contributed by atoms with E-state index in [4.69, 9.17) is 0 Å². The Morgan fingerprint density at radius 3 is 2.61 bits per heavy atom. The summed E-state index contributed by atoms with van der Waals surface area (Å²) in [5.74, 6) is -1.61. The number of nitrogens with zero attached hydrogens (tertiary/aromatic N) is 4. The average molecular weight is 324 g/mol. The van der Waals surface area contributed by atoms with Crippen LogP contribution in [0, 0.1) is 10.7 Å². The summed E-state index contributed by atoms with van der Waals surface area (Å²) >= 11 is 0. The molecule has 9 heteroatoms. The molecule has 0 aliphatic carbocycles. The molecule has 0 spiro atoms. The van der Waals surface area contributed by atoms with Crippen LogP contribution in [0.5, 0.6) is 5.75 Å². The zero-order chi connectivity index (χ0) is 16.6. The van der Waals surface area contributed by atoms with Crippen LogP contribution in [0.15, 0.2) is 12.1 Å². The lowest BCUT2D eigenvalue weighted by molar-refractivity contribution is -0.591. The van der Waals surface area contributed by atoms with Crippen molar-refractivity contribution in [2.75, 3.05) is 44.8 Å². The van der Waals surface area contributed by atoms with Crippen LogP contribution < -0.4 is 10.4 Å². The second-order valence-electron chi connectivity index (χ2n) is 5.85. The fraction of sp³-hybridized carbons (Fsp3) is 0.500. The number of benzene rings is 1. The first-order valence-electron chi connectivity index (χ1n) is 7.41. The van der Waals surface area contributed by atoms with E-state index < -0.39 is 11.7 Å². The molecule has 0 atom stereocenters. The van der Waals surface area contributed by atoms with Crippen molar-refractivity contribution >= 4 is 11.6 Å². The Morgan fingerprint density at radius 1 is 1.30 bits per heavy atom. The van der Waals surface area contributed by atoms with E-state index in [1.165, 1.54) is 12.1 Å². The Bertz CT molecular complexity index is 646. The molecular weight excluding hydrogens is 305 g/mol. The summed E-state index contributed by atoms with van der Waals surface area (Å²) in [5.41, 5.74) is 2.11. The molecule has 3 rings (SSSR count). The summed E-state index contributed by atoms with van der Waals surface area (Å²) < 4.78 is 14.8. The molecule has 1 aromatic carbocycles. The van der Waals surface area contributed by atoms with E-state index in [1.54, 1.807) is 0 Å². The Balaban J connectivity index is 1.84. The second kappa shape index (κ2) is 6.09. The number of hydrogen-bond donors (Lipinski definition) is 2. The lowest BCUT2D eigenvalue weighted by Gasteiger charge is -2.32. The number of phenols is 1. The molecule has 2 saturated heterocycles. The van der Waals surface area contributed by atoms with Crippen LogP contribution in [0.3, 0.4) is 0 Å². The molecule has 2 fully saturated rings. The van der Waals surface area contributed by atoms with Gasteiger partial charge in [-0.1, -0.05) is 16.5 Å². The van der Waals surface area contributed by atoms with Gasteiger partial charge in [-0.05, 0) is 13.1 Å². The zero-order valence-electron chi connectivity index (χ0n) is 12.8. The fourth-order valence-electron chi connectivity index (χ4n) is 2.78. The molecule has 8 nitrogen and oxygen atoms in total. The third-order valence-electron chi connectivity index (χ3n) is 4.16. The van der Waals surface area contributed by atoms with Crippen LogP contribution >= 0.6 is 0 Å². The van der Waals surface area contributed by atoms with Crippen molar-refractivity contribution in [2.24, 2.45) is 0 Å². The van der Waals surface area contributed by atoms with E-state index in [0.717, 1.165) is 31.2 Å². The standard InChI is InChI=1S/C14H18FN5O3/c1-17-4-6-18(7-5-17)8-10-2-3-11(21)14(13(10)15)19-9-12(22)16-20(19)23/h2-3H,4-9H2,1H3,(H-,16,21,22,23)/p+1. The van der Waals surface area contributed by atoms with Gasteiger partial charge in [0.15, 0.2) is 18.0 Å². The lowest BCUT2D eigenvalue weighted by atomic mass is 10.1. The minimum atomic E-state index is -0.679. The van der Waals surface area contributed by atoms with E-state index in [2.05, 4.69) is 9.80 Å². The number of halogens is 1. The number of anilines is 1. The Hall–Kier alpha value is -2.26. The number of rotatable bonds is 3. The summed E-state index contributed by atoms with van der Waals surface area (Å²) in [6.07, 6.45) is 0. The quantitative estimate of drug-likeness (QED) is 0.751. The number of hydrazine groups is 2. The Labute approximate surface area is 132 Å². The van der Waals surface area contributed by atoms with E-state index in [1.807, 2.05) is 12.5 Å². The molecule has 2 aliphatic heterocycles. The van der Waals surface area contributed by atoms with Gasteiger partial charge in [-0.2, -0.15) is 0 Å². The normalized spacial score (nSPS) is 20.2. The number of nitroso groups, excluding NO2 is 1. The Kier molecular flexibility index (Phi) is 4.14. The molecule has 2 N–H and O–H groups in total. The van der Waals surface area contributed by atoms with Crippen molar-refractivity contribution in [2.45, 2.75) is 6.54 Å². The summed E-state index contributed by atoms with van der Waals surface area (Å²) in [4.78, 5) is 27.4. The molecule has 2 aliphatic rings. The number of phenolic OH excluding ortho intramolecular Hbond substituents is 1. The van der Waals surface area contributed by atoms with E-state index in [9.17, 15) is 19.2 Å². The molecular formula is C14H19FN5O3+. The van der Waals surface area contributed by atoms with E-state index >= 15 is 0 Å². The Morgan fingerprint density at radius 2 is 2.00 bits per heavy atom. The van der Waals surface area contributed by atoms with Gasteiger partial charge in [-0.15, -0.1) is 0 Å².